The fourth-order valence-corrected chi connectivity index (χ4v) is 3.42. The van der Waals surface area contributed by atoms with Crippen LogP contribution in [0, 0.1) is 11.2 Å². The van der Waals surface area contributed by atoms with Crippen LogP contribution in [0.25, 0.3) is 0 Å². The van der Waals surface area contributed by atoms with E-state index in [9.17, 15) is 14.0 Å². The number of urea groups is 1. The molecule has 6 heteroatoms. The molecule has 1 aliphatic heterocycles. The highest BCUT2D eigenvalue weighted by Crippen LogP contribution is 2.42. The number of hydrogen-bond donors (Lipinski definition) is 3. The molecule has 1 fully saturated rings. The quantitative estimate of drug-likeness (QED) is 0.794. The van der Waals surface area contributed by atoms with E-state index < -0.39 is 0 Å². The molecule has 0 saturated carbocycles. The van der Waals surface area contributed by atoms with E-state index in [1.807, 2.05) is 0 Å². The lowest BCUT2D eigenvalue weighted by Gasteiger charge is -2.42. The summed E-state index contributed by atoms with van der Waals surface area (Å²) in [5, 5.41) is 8.66. The largest absolute Gasteiger partial charge is 0.337 e. The van der Waals surface area contributed by atoms with Crippen LogP contribution in [-0.4, -0.2) is 18.5 Å². The zero-order chi connectivity index (χ0) is 17.0. The third kappa shape index (κ3) is 3.75. The first-order valence-corrected chi connectivity index (χ1v) is 8.34. The Morgan fingerprint density at radius 2 is 2.00 bits per heavy atom. The second-order valence-corrected chi connectivity index (χ2v) is 6.50. The van der Waals surface area contributed by atoms with Crippen LogP contribution >= 0.6 is 0 Å². The summed E-state index contributed by atoms with van der Waals surface area (Å²) in [4.78, 5) is 23.7. The zero-order valence-electron chi connectivity index (χ0n) is 13.5. The molecule has 1 saturated heterocycles. The number of carbonyl (C=O) groups excluding carboxylic acids is 2. The monoisotopic (exact) mass is 331 g/mol. The minimum Gasteiger partial charge on any atom is -0.337 e. The van der Waals surface area contributed by atoms with Gasteiger partial charge in [0, 0.05) is 30.6 Å². The van der Waals surface area contributed by atoms with Crippen LogP contribution in [0.15, 0.2) is 36.0 Å². The molecule has 0 radical (unpaired) electrons. The second-order valence-electron chi connectivity index (χ2n) is 6.50. The topological polar surface area (TPSA) is 70.2 Å². The van der Waals surface area contributed by atoms with Gasteiger partial charge < -0.3 is 16.0 Å². The van der Waals surface area contributed by atoms with Crippen LogP contribution in [0.5, 0.6) is 0 Å². The van der Waals surface area contributed by atoms with Crippen molar-refractivity contribution in [2.24, 2.45) is 5.41 Å². The predicted molar refractivity (Wildman–Crippen MR) is 88.4 cm³/mol. The summed E-state index contributed by atoms with van der Waals surface area (Å²) < 4.78 is 12.9. The van der Waals surface area contributed by atoms with Gasteiger partial charge in [0.1, 0.15) is 5.82 Å². The molecule has 1 heterocycles. The van der Waals surface area contributed by atoms with E-state index in [2.05, 4.69) is 22.0 Å². The summed E-state index contributed by atoms with van der Waals surface area (Å²) >= 11 is 0. The van der Waals surface area contributed by atoms with Gasteiger partial charge in [0.15, 0.2) is 0 Å². The molecular weight excluding hydrogens is 309 g/mol. The molecule has 128 valence electrons. The van der Waals surface area contributed by atoms with Crippen molar-refractivity contribution in [3.8, 4) is 0 Å². The van der Waals surface area contributed by atoms with Crippen LogP contribution in [-0.2, 0) is 11.3 Å². The highest BCUT2D eigenvalue weighted by atomic mass is 19.1. The highest BCUT2D eigenvalue weighted by Gasteiger charge is 2.40. The lowest BCUT2D eigenvalue weighted by molar-refractivity contribution is -0.122. The molecule has 0 bridgehead atoms. The Morgan fingerprint density at radius 3 is 2.79 bits per heavy atom. The minimum absolute atomic E-state index is 0.0551. The fraction of sp³-hybridized carbons (Fsp3) is 0.444. The summed E-state index contributed by atoms with van der Waals surface area (Å²) in [6, 6.07) is 5.78. The van der Waals surface area contributed by atoms with E-state index in [0.29, 0.717) is 19.5 Å². The maximum atomic E-state index is 12.9. The standard InChI is InChI=1S/C18H22FN3O2/c19-14-6-4-13(5-7-14)11-20-17(24)21-12-18-9-2-1-3-15(18)22-16(23)8-10-18/h3-7H,1-2,8-12H2,(H,22,23)(H2,20,21,24). The van der Waals surface area contributed by atoms with E-state index in [0.717, 1.165) is 36.9 Å². The van der Waals surface area contributed by atoms with Crippen molar-refractivity contribution >= 4 is 11.9 Å². The highest BCUT2D eigenvalue weighted by molar-refractivity contribution is 5.80. The van der Waals surface area contributed by atoms with E-state index >= 15 is 0 Å². The van der Waals surface area contributed by atoms with Crippen molar-refractivity contribution in [3.63, 3.8) is 0 Å². The summed E-state index contributed by atoms with van der Waals surface area (Å²) in [5.41, 5.74) is 1.65. The molecule has 0 aromatic heterocycles. The number of piperidine rings is 1. The van der Waals surface area contributed by atoms with Gasteiger partial charge in [-0.3, -0.25) is 4.79 Å². The van der Waals surface area contributed by atoms with Crippen LogP contribution in [0.2, 0.25) is 0 Å². The molecule has 1 aliphatic carbocycles. The van der Waals surface area contributed by atoms with Crippen LogP contribution in [0.1, 0.15) is 37.7 Å². The minimum atomic E-state index is -0.293. The zero-order valence-corrected chi connectivity index (χ0v) is 13.5. The van der Waals surface area contributed by atoms with Crippen LogP contribution < -0.4 is 16.0 Å². The number of rotatable bonds is 4. The maximum Gasteiger partial charge on any atom is 0.315 e. The molecule has 1 aromatic rings. The molecule has 1 aromatic carbocycles. The number of fused-ring (bicyclic) bond motifs is 1. The van der Waals surface area contributed by atoms with Gasteiger partial charge in [-0.2, -0.15) is 0 Å². The Morgan fingerprint density at radius 1 is 1.21 bits per heavy atom. The third-order valence-corrected chi connectivity index (χ3v) is 4.84. The van der Waals surface area contributed by atoms with Crippen molar-refractivity contribution in [2.75, 3.05) is 6.54 Å². The maximum absolute atomic E-state index is 12.9. The Labute approximate surface area is 140 Å². The number of nitrogens with one attached hydrogen (secondary N) is 3. The SMILES string of the molecule is O=C1CCC2(CNC(=O)NCc3ccc(F)cc3)CCCC=C2N1. The number of halogens is 1. The summed E-state index contributed by atoms with van der Waals surface area (Å²) in [5.74, 6) is -0.238. The summed E-state index contributed by atoms with van der Waals surface area (Å²) in [6.07, 6.45) is 6.35. The average molecular weight is 331 g/mol. The van der Waals surface area contributed by atoms with Crippen molar-refractivity contribution < 1.29 is 14.0 Å². The van der Waals surface area contributed by atoms with E-state index in [4.69, 9.17) is 0 Å². The van der Waals surface area contributed by atoms with E-state index in [-0.39, 0.29) is 23.2 Å². The first-order valence-electron chi connectivity index (χ1n) is 8.34. The van der Waals surface area contributed by atoms with Crippen molar-refractivity contribution in [2.45, 2.75) is 38.6 Å². The van der Waals surface area contributed by atoms with Crippen molar-refractivity contribution in [3.05, 3.63) is 47.4 Å². The number of benzene rings is 1. The lowest BCUT2D eigenvalue weighted by atomic mass is 9.70. The molecule has 5 nitrogen and oxygen atoms in total. The van der Waals surface area contributed by atoms with Gasteiger partial charge in [0.2, 0.25) is 5.91 Å². The lowest BCUT2D eigenvalue weighted by Crippen LogP contribution is -2.50. The van der Waals surface area contributed by atoms with Crippen molar-refractivity contribution in [1.82, 2.24) is 16.0 Å². The number of hydrogen-bond acceptors (Lipinski definition) is 2. The number of allylic oxidation sites excluding steroid dienone is 1. The van der Waals surface area contributed by atoms with Gasteiger partial charge in [-0.1, -0.05) is 18.2 Å². The molecule has 3 rings (SSSR count). The molecule has 0 spiro atoms. The smallest absolute Gasteiger partial charge is 0.315 e. The van der Waals surface area contributed by atoms with Crippen LogP contribution in [0.4, 0.5) is 9.18 Å². The summed E-state index contributed by atoms with van der Waals surface area (Å²) in [6.45, 7) is 0.854. The Balaban J connectivity index is 1.53. The molecule has 24 heavy (non-hydrogen) atoms. The molecule has 1 unspecified atom stereocenters. The van der Waals surface area contributed by atoms with Gasteiger partial charge in [0.25, 0.3) is 0 Å². The Bertz CT molecular complexity index is 657. The van der Waals surface area contributed by atoms with Gasteiger partial charge in [-0.25, -0.2) is 9.18 Å². The van der Waals surface area contributed by atoms with Gasteiger partial charge >= 0.3 is 6.03 Å². The number of amides is 3. The average Bonchev–Trinajstić information content (AvgIpc) is 2.60. The normalized spacial score (nSPS) is 22.9. The molecule has 3 N–H and O–H groups in total. The van der Waals surface area contributed by atoms with Crippen molar-refractivity contribution in [1.29, 1.82) is 0 Å². The van der Waals surface area contributed by atoms with E-state index in [1.165, 1.54) is 12.1 Å². The molecule has 3 amide bonds. The second kappa shape index (κ2) is 7.03. The molecule has 1 atom stereocenters. The summed E-state index contributed by atoms with van der Waals surface area (Å²) in [7, 11) is 0. The van der Waals surface area contributed by atoms with Crippen LogP contribution in [0.3, 0.4) is 0 Å². The van der Waals surface area contributed by atoms with Gasteiger partial charge in [-0.05, 0) is 43.4 Å². The molecule has 2 aliphatic rings. The van der Waals surface area contributed by atoms with E-state index in [1.54, 1.807) is 12.1 Å². The third-order valence-electron chi connectivity index (χ3n) is 4.84. The van der Waals surface area contributed by atoms with Gasteiger partial charge in [-0.15, -0.1) is 0 Å². The first kappa shape index (κ1) is 16.5. The number of carbonyl (C=O) groups is 2. The Kier molecular flexibility index (Phi) is 4.83. The first-order chi connectivity index (χ1) is 11.6. The Hall–Kier alpha value is -2.37. The molecular formula is C18H22FN3O2. The fourth-order valence-electron chi connectivity index (χ4n) is 3.42. The predicted octanol–water partition coefficient (Wildman–Crippen LogP) is 2.59. The van der Waals surface area contributed by atoms with Gasteiger partial charge in [0.05, 0.1) is 0 Å².